The van der Waals surface area contributed by atoms with Crippen LogP contribution in [-0.4, -0.2) is 32.0 Å². The van der Waals surface area contributed by atoms with Crippen LogP contribution >= 0.6 is 0 Å². The van der Waals surface area contributed by atoms with Crippen molar-refractivity contribution in [3.63, 3.8) is 0 Å². The van der Waals surface area contributed by atoms with Gasteiger partial charge >= 0.3 is 0 Å². The molecular formula is C14H24N2O2S. The molecule has 0 spiro atoms. The zero-order chi connectivity index (χ0) is 14.7. The van der Waals surface area contributed by atoms with E-state index in [-0.39, 0.29) is 5.75 Å². The Bertz CT molecular complexity index is 501. The Balaban J connectivity index is 2.77. The summed E-state index contributed by atoms with van der Waals surface area (Å²) in [6.07, 6.45) is 0. The average Bonchev–Trinajstić information content (AvgIpc) is 2.30. The molecule has 0 unspecified atom stereocenters. The van der Waals surface area contributed by atoms with Crippen LogP contribution in [-0.2, 0) is 9.84 Å². The molecule has 5 heteroatoms. The van der Waals surface area contributed by atoms with E-state index in [2.05, 4.69) is 0 Å². The van der Waals surface area contributed by atoms with Gasteiger partial charge in [0.15, 0.2) is 9.84 Å². The van der Waals surface area contributed by atoms with Crippen LogP contribution in [0.4, 0.5) is 11.4 Å². The van der Waals surface area contributed by atoms with Gasteiger partial charge in [0.1, 0.15) is 0 Å². The lowest BCUT2D eigenvalue weighted by atomic mass is 10.2. The number of sulfone groups is 1. The van der Waals surface area contributed by atoms with Crippen LogP contribution in [0, 0.1) is 0 Å². The fourth-order valence-electron chi connectivity index (χ4n) is 1.69. The summed E-state index contributed by atoms with van der Waals surface area (Å²) in [5.74, 6) is 0.161. The average molecular weight is 284 g/mol. The van der Waals surface area contributed by atoms with Gasteiger partial charge in [0.25, 0.3) is 0 Å². The van der Waals surface area contributed by atoms with E-state index in [9.17, 15) is 8.42 Å². The molecule has 0 saturated carbocycles. The van der Waals surface area contributed by atoms with Crippen molar-refractivity contribution in [2.24, 2.45) is 0 Å². The monoisotopic (exact) mass is 284 g/mol. The van der Waals surface area contributed by atoms with Gasteiger partial charge in [-0.15, -0.1) is 0 Å². The molecule has 0 atom stereocenters. The van der Waals surface area contributed by atoms with Crippen LogP contribution in [0.5, 0.6) is 0 Å². The first kappa shape index (κ1) is 15.8. The fourth-order valence-corrected chi connectivity index (χ4v) is 2.76. The van der Waals surface area contributed by atoms with Crippen LogP contribution in [0.25, 0.3) is 0 Å². The second-order valence-corrected chi connectivity index (χ2v) is 8.46. The second kappa shape index (κ2) is 5.82. The van der Waals surface area contributed by atoms with Gasteiger partial charge in [0.05, 0.1) is 10.5 Å². The topological polar surface area (TPSA) is 63.4 Å². The number of hydrogen-bond donors (Lipinski definition) is 1. The molecule has 0 bridgehead atoms. The smallest absolute Gasteiger partial charge is 0.156 e. The van der Waals surface area contributed by atoms with Crippen molar-refractivity contribution in [1.82, 2.24) is 0 Å². The van der Waals surface area contributed by atoms with Crippen molar-refractivity contribution in [2.45, 2.75) is 32.4 Å². The SMILES string of the molecule is CCN(CCS(=O)(=O)C(C)(C)C)c1ccc(N)cc1. The Morgan fingerprint density at radius 1 is 1.16 bits per heavy atom. The fraction of sp³-hybridized carbons (Fsp3) is 0.571. The molecule has 0 fully saturated rings. The summed E-state index contributed by atoms with van der Waals surface area (Å²) in [6, 6.07) is 7.50. The van der Waals surface area contributed by atoms with Gasteiger partial charge in [-0.1, -0.05) is 0 Å². The summed E-state index contributed by atoms with van der Waals surface area (Å²) < 4.78 is 23.5. The van der Waals surface area contributed by atoms with Crippen molar-refractivity contribution >= 4 is 21.2 Å². The molecule has 4 nitrogen and oxygen atoms in total. The molecular weight excluding hydrogens is 260 g/mol. The summed E-state index contributed by atoms with van der Waals surface area (Å²) in [6.45, 7) is 8.50. The Labute approximate surface area is 116 Å². The zero-order valence-corrected chi connectivity index (χ0v) is 13.0. The number of rotatable bonds is 5. The summed E-state index contributed by atoms with van der Waals surface area (Å²) in [5, 5.41) is 0. The number of anilines is 2. The first-order valence-electron chi connectivity index (χ1n) is 6.50. The van der Waals surface area contributed by atoms with E-state index >= 15 is 0 Å². The maximum Gasteiger partial charge on any atom is 0.156 e. The number of nitrogens with zero attached hydrogens (tertiary/aromatic N) is 1. The largest absolute Gasteiger partial charge is 0.399 e. The standard InChI is InChI=1S/C14H24N2O2S/c1-5-16(13-8-6-12(15)7-9-13)10-11-19(17,18)14(2,3)4/h6-9H,5,10-11,15H2,1-4H3. The molecule has 19 heavy (non-hydrogen) atoms. The van der Waals surface area contributed by atoms with Gasteiger partial charge in [-0.3, -0.25) is 0 Å². The normalized spacial score (nSPS) is 12.4. The van der Waals surface area contributed by atoms with Crippen molar-refractivity contribution in [2.75, 3.05) is 29.5 Å². The quantitative estimate of drug-likeness (QED) is 0.843. The lowest BCUT2D eigenvalue weighted by Gasteiger charge is -2.26. The molecule has 2 N–H and O–H groups in total. The van der Waals surface area contributed by atoms with E-state index < -0.39 is 14.6 Å². The molecule has 108 valence electrons. The Kier molecular flexibility index (Phi) is 4.85. The Morgan fingerprint density at radius 2 is 1.68 bits per heavy atom. The maximum atomic E-state index is 12.1. The maximum absolute atomic E-state index is 12.1. The van der Waals surface area contributed by atoms with Crippen LogP contribution < -0.4 is 10.6 Å². The van der Waals surface area contributed by atoms with Crippen LogP contribution in [0.15, 0.2) is 24.3 Å². The van der Waals surface area contributed by atoms with E-state index in [0.717, 1.165) is 12.2 Å². The molecule has 0 aliphatic rings. The summed E-state index contributed by atoms with van der Waals surface area (Å²) >= 11 is 0. The lowest BCUT2D eigenvalue weighted by Crippen LogP contribution is -2.36. The number of hydrogen-bond acceptors (Lipinski definition) is 4. The molecule has 0 saturated heterocycles. The molecule has 1 rings (SSSR count). The van der Waals surface area contributed by atoms with E-state index in [4.69, 9.17) is 5.73 Å². The third-order valence-corrected chi connectivity index (χ3v) is 5.79. The third kappa shape index (κ3) is 4.13. The molecule has 0 radical (unpaired) electrons. The van der Waals surface area contributed by atoms with Gasteiger partial charge in [0.2, 0.25) is 0 Å². The first-order chi connectivity index (χ1) is 8.67. The minimum atomic E-state index is -3.09. The number of benzene rings is 1. The van der Waals surface area contributed by atoms with Crippen molar-refractivity contribution in [1.29, 1.82) is 0 Å². The van der Waals surface area contributed by atoms with Gasteiger partial charge in [-0.05, 0) is 52.0 Å². The van der Waals surface area contributed by atoms with Crippen LogP contribution in [0.1, 0.15) is 27.7 Å². The molecule has 0 heterocycles. The minimum Gasteiger partial charge on any atom is -0.399 e. The molecule has 0 amide bonds. The van der Waals surface area contributed by atoms with Gasteiger partial charge in [-0.25, -0.2) is 8.42 Å². The highest BCUT2D eigenvalue weighted by Crippen LogP contribution is 2.19. The summed E-state index contributed by atoms with van der Waals surface area (Å²) in [4.78, 5) is 2.04. The Hall–Kier alpha value is -1.23. The summed E-state index contributed by atoms with van der Waals surface area (Å²) in [7, 11) is -3.09. The van der Waals surface area contributed by atoms with E-state index in [1.165, 1.54) is 0 Å². The van der Waals surface area contributed by atoms with Crippen LogP contribution in [0.3, 0.4) is 0 Å². The van der Waals surface area contributed by atoms with Crippen LogP contribution in [0.2, 0.25) is 0 Å². The highest BCUT2D eigenvalue weighted by Gasteiger charge is 2.28. The highest BCUT2D eigenvalue weighted by molar-refractivity contribution is 7.92. The number of nitrogen functional groups attached to an aromatic ring is 1. The van der Waals surface area contributed by atoms with Gasteiger partial charge < -0.3 is 10.6 Å². The van der Waals surface area contributed by atoms with Crippen molar-refractivity contribution in [3.8, 4) is 0 Å². The Morgan fingerprint density at radius 3 is 2.11 bits per heavy atom. The van der Waals surface area contributed by atoms with Crippen molar-refractivity contribution in [3.05, 3.63) is 24.3 Å². The van der Waals surface area contributed by atoms with E-state index in [1.54, 1.807) is 20.8 Å². The molecule has 0 aromatic heterocycles. The van der Waals surface area contributed by atoms with E-state index in [1.807, 2.05) is 36.1 Å². The van der Waals surface area contributed by atoms with E-state index in [0.29, 0.717) is 12.2 Å². The molecule has 1 aromatic carbocycles. The lowest BCUT2D eigenvalue weighted by molar-refractivity contribution is 0.559. The minimum absolute atomic E-state index is 0.161. The van der Waals surface area contributed by atoms with Gasteiger partial charge in [0, 0.05) is 24.5 Å². The predicted octanol–water partition coefficient (Wildman–Crippen LogP) is 2.31. The predicted molar refractivity (Wildman–Crippen MR) is 82.3 cm³/mol. The van der Waals surface area contributed by atoms with Gasteiger partial charge in [-0.2, -0.15) is 0 Å². The molecule has 0 aliphatic carbocycles. The molecule has 0 aliphatic heterocycles. The highest BCUT2D eigenvalue weighted by atomic mass is 32.2. The van der Waals surface area contributed by atoms with Crippen molar-refractivity contribution < 1.29 is 8.42 Å². The zero-order valence-electron chi connectivity index (χ0n) is 12.2. The first-order valence-corrected chi connectivity index (χ1v) is 8.15. The summed E-state index contributed by atoms with van der Waals surface area (Å²) in [5.41, 5.74) is 7.37. The molecule has 1 aromatic rings. The number of nitrogens with two attached hydrogens (primary N) is 1. The third-order valence-electron chi connectivity index (χ3n) is 3.20. The second-order valence-electron chi connectivity index (χ2n) is 5.60.